The van der Waals surface area contributed by atoms with E-state index in [2.05, 4.69) is 5.32 Å². The summed E-state index contributed by atoms with van der Waals surface area (Å²) in [5.41, 5.74) is 1.86. The standard InChI is InChI=1S/C17H27NO4S/c1-11(2)18-12(3)15(19)10-22-16-8-9-17(23(4,20)21)14-7-5-6-13(14)16/h8-9,11-12,15,18-19H,5-7,10H2,1-4H3. The largest absolute Gasteiger partial charge is 0.491 e. The molecule has 0 saturated carbocycles. The second-order valence-electron chi connectivity index (χ2n) is 6.63. The molecule has 0 fully saturated rings. The Balaban J connectivity index is 2.12. The molecular formula is C17H27NO4S. The van der Waals surface area contributed by atoms with E-state index in [4.69, 9.17) is 4.74 Å². The summed E-state index contributed by atoms with van der Waals surface area (Å²) >= 11 is 0. The van der Waals surface area contributed by atoms with Crippen molar-refractivity contribution < 1.29 is 18.3 Å². The first-order valence-electron chi connectivity index (χ1n) is 8.12. The average Bonchev–Trinajstić information content (AvgIpc) is 2.91. The Hall–Kier alpha value is -1.11. The Bertz CT molecular complexity index is 655. The van der Waals surface area contributed by atoms with E-state index in [-0.39, 0.29) is 18.7 Å². The highest BCUT2D eigenvalue weighted by atomic mass is 32.2. The van der Waals surface area contributed by atoms with E-state index in [0.29, 0.717) is 10.6 Å². The summed E-state index contributed by atoms with van der Waals surface area (Å²) < 4.78 is 29.5. The van der Waals surface area contributed by atoms with E-state index >= 15 is 0 Å². The average molecular weight is 341 g/mol. The highest BCUT2D eigenvalue weighted by Crippen LogP contribution is 2.35. The number of rotatable bonds is 7. The summed E-state index contributed by atoms with van der Waals surface area (Å²) in [6, 6.07) is 3.56. The van der Waals surface area contributed by atoms with Gasteiger partial charge in [-0.05, 0) is 49.4 Å². The molecule has 23 heavy (non-hydrogen) atoms. The maximum atomic E-state index is 11.9. The van der Waals surface area contributed by atoms with Crippen molar-refractivity contribution in [1.82, 2.24) is 5.32 Å². The lowest BCUT2D eigenvalue weighted by atomic mass is 10.1. The molecule has 130 valence electrons. The third kappa shape index (κ3) is 4.46. The lowest BCUT2D eigenvalue weighted by Gasteiger charge is -2.23. The molecule has 1 aliphatic carbocycles. The van der Waals surface area contributed by atoms with Crippen LogP contribution in [0.4, 0.5) is 0 Å². The summed E-state index contributed by atoms with van der Waals surface area (Å²) in [5, 5.41) is 13.4. The van der Waals surface area contributed by atoms with Crippen molar-refractivity contribution in [1.29, 1.82) is 0 Å². The van der Waals surface area contributed by atoms with E-state index in [0.717, 1.165) is 30.4 Å². The van der Waals surface area contributed by atoms with Crippen LogP contribution in [0, 0.1) is 0 Å². The number of aliphatic hydroxyl groups is 1. The molecule has 2 rings (SSSR count). The fourth-order valence-corrected chi connectivity index (χ4v) is 4.07. The molecule has 0 saturated heterocycles. The molecule has 2 N–H and O–H groups in total. The van der Waals surface area contributed by atoms with Crippen LogP contribution in [-0.4, -0.2) is 44.6 Å². The lowest BCUT2D eigenvalue weighted by Crippen LogP contribution is -2.43. The molecule has 2 atom stereocenters. The van der Waals surface area contributed by atoms with Crippen molar-refractivity contribution >= 4 is 9.84 Å². The lowest BCUT2D eigenvalue weighted by molar-refractivity contribution is 0.0755. The maximum absolute atomic E-state index is 11.9. The quantitative estimate of drug-likeness (QED) is 0.789. The number of fused-ring (bicyclic) bond motifs is 1. The molecule has 0 bridgehead atoms. The monoisotopic (exact) mass is 341 g/mol. The van der Waals surface area contributed by atoms with Gasteiger partial charge < -0.3 is 15.2 Å². The first-order chi connectivity index (χ1) is 10.7. The highest BCUT2D eigenvalue weighted by molar-refractivity contribution is 7.90. The van der Waals surface area contributed by atoms with Gasteiger partial charge in [-0.15, -0.1) is 0 Å². The van der Waals surface area contributed by atoms with Crippen LogP contribution >= 0.6 is 0 Å². The number of benzene rings is 1. The minimum absolute atomic E-state index is 0.0710. The van der Waals surface area contributed by atoms with Gasteiger partial charge in [-0.1, -0.05) is 13.8 Å². The smallest absolute Gasteiger partial charge is 0.175 e. The van der Waals surface area contributed by atoms with Crippen molar-refractivity contribution in [2.75, 3.05) is 12.9 Å². The van der Waals surface area contributed by atoms with Crippen LogP contribution in [0.1, 0.15) is 38.3 Å². The van der Waals surface area contributed by atoms with Crippen molar-refractivity contribution in [2.24, 2.45) is 0 Å². The van der Waals surface area contributed by atoms with E-state index in [1.807, 2.05) is 20.8 Å². The van der Waals surface area contributed by atoms with Gasteiger partial charge >= 0.3 is 0 Å². The van der Waals surface area contributed by atoms with E-state index < -0.39 is 15.9 Å². The number of sulfone groups is 1. The molecule has 0 heterocycles. The third-order valence-electron chi connectivity index (χ3n) is 4.18. The topological polar surface area (TPSA) is 75.6 Å². The molecule has 6 heteroatoms. The summed E-state index contributed by atoms with van der Waals surface area (Å²) in [6.07, 6.45) is 3.15. The molecular weight excluding hydrogens is 314 g/mol. The summed E-state index contributed by atoms with van der Waals surface area (Å²) in [6.45, 7) is 6.17. The fourth-order valence-electron chi connectivity index (χ4n) is 3.08. The van der Waals surface area contributed by atoms with Gasteiger partial charge in [0.05, 0.1) is 4.90 Å². The van der Waals surface area contributed by atoms with Crippen LogP contribution in [0.15, 0.2) is 17.0 Å². The Labute approximate surface area is 139 Å². The van der Waals surface area contributed by atoms with E-state index in [9.17, 15) is 13.5 Å². The normalized spacial score (nSPS) is 17.1. The van der Waals surface area contributed by atoms with Gasteiger partial charge in [0.25, 0.3) is 0 Å². The number of hydrogen-bond acceptors (Lipinski definition) is 5. The molecule has 1 aromatic rings. The first kappa shape index (κ1) is 18.2. The minimum Gasteiger partial charge on any atom is -0.491 e. The molecule has 2 unspecified atom stereocenters. The van der Waals surface area contributed by atoms with Crippen molar-refractivity contribution in [3.8, 4) is 5.75 Å². The third-order valence-corrected chi connectivity index (χ3v) is 5.36. The number of ether oxygens (including phenoxy) is 1. The van der Waals surface area contributed by atoms with Gasteiger partial charge in [0.1, 0.15) is 18.5 Å². The molecule has 0 spiro atoms. The molecule has 5 nitrogen and oxygen atoms in total. The molecule has 1 aliphatic rings. The Morgan fingerprint density at radius 1 is 1.22 bits per heavy atom. The van der Waals surface area contributed by atoms with Crippen LogP contribution in [0.25, 0.3) is 0 Å². The number of hydrogen-bond donors (Lipinski definition) is 2. The van der Waals surface area contributed by atoms with Crippen LogP contribution in [0.3, 0.4) is 0 Å². The Morgan fingerprint density at radius 2 is 1.87 bits per heavy atom. The van der Waals surface area contributed by atoms with Crippen LogP contribution in [0.5, 0.6) is 5.75 Å². The first-order valence-corrected chi connectivity index (χ1v) is 10.0. The predicted molar refractivity (Wildman–Crippen MR) is 90.8 cm³/mol. The van der Waals surface area contributed by atoms with Gasteiger partial charge in [-0.25, -0.2) is 8.42 Å². The summed E-state index contributed by atoms with van der Waals surface area (Å²) in [7, 11) is -3.22. The van der Waals surface area contributed by atoms with Crippen molar-refractivity contribution in [3.63, 3.8) is 0 Å². The zero-order valence-electron chi connectivity index (χ0n) is 14.3. The minimum atomic E-state index is -3.22. The fraction of sp³-hybridized carbons (Fsp3) is 0.647. The second-order valence-corrected chi connectivity index (χ2v) is 8.62. The van der Waals surface area contributed by atoms with Gasteiger partial charge in [0, 0.05) is 18.3 Å². The highest BCUT2D eigenvalue weighted by Gasteiger charge is 2.24. The van der Waals surface area contributed by atoms with E-state index in [1.165, 1.54) is 6.26 Å². The zero-order valence-corrected chi connectivity index (χ0v) is 15.1. The second kappa shape index (κ2) is 7.20. The molecule has 1 aromatic carbocycles. The van der Waals surface area contributed by atoms with Gasteiger partial charge in [-0.2, -0.15) is 0 Å². The van der Waals surface area contributed by atoms with E-state index in [1.54, 1.807) is 12.1 Å². The molecule has 0 aliphatic heterocycles. The Kier molecular flexibility index (Phi) is 5.70. The SMILES string of the molecule is CC(C)NC(C)C(O)COc1ccc(S(C)(=O)=O)c2c1CCC2. The van der Waals surface area contributed by atoms with Crippen molar-refractivity contribution in [3.05, 3.63) is 23.3 Å². The Morgan fingerprint density at radius 3 is 2.48 bits per heavy atom. The van der Waals surface area contributed by atoms with Crippen LogP contribution in [0.2, 0.25) is 0 Å². The maximum Gasteiger partial charge on any atom is 0.175 e. The van der Waals surface area contributed by atoms with Crippen LogP contribution in [-0.2, 0) is 22.7 Å². The molecule has 0 amide bonds. The summed E-state index contributed by atoms with van der Waals surface area (Å²) in [5.74, 6) is 0.695. The molecule has 0 aromatic heterocycles. The van der Waals surface area contributed by atoms with Crippen molar-refractivity contribution in [2.45, 2.75) is 63.1 Å². The van der Waals surface area contributed by atoms with Gasteiger partial charge in [-0.3, -0.25) is 0 Å². The number of nitrogens with one attached hydrogen (secondary N) is 1. The molecule has 0 radical (unpaired) electrons. The number of aliphatic hydroxyl groups excluding tert-OH is 1. The van der Waals surface area contributed by atoms with Gasteiger partial charge in [0.15, 0.2) is 9.84 Å². The van der Waals surface area contributed by atoms with Crippen LogP contribution < -0.4 is 10.1 Å². The zero-order chi connectivity index (χ0) is 17.2. The predicted octanol–water partition coefficient (Wildman–Crippen LogP) is 1.70. The van der Waals surface area contributed by atoms with Gasteiger partial charge in [0.2, 0.25) is 0 Å². The summed E-state index contributed by atoms with van der Waals surface area (Å²) in [4.78, 5) is 0.410.